The van der Waals surface area contributed by atoms with Crippen molar-refractivity contribution in [3.8, 4) is 17.0 Å². The lowest BCUT2D eigenvalue weighted by Gasteiger charge is -2.09. The first kappa shape index (κ1) is 17.7. The van der Waals surface area contributed by atoms with Crippen LogP contribution >= 0.6 is 0 Å². The highest BCUT2D eigenvalue weighted by Gasteiger charge is 2.10. The molecular weight excluding hydrogens is 350 g/mol. The van der Waals surface area contributed by atoms with Gasteiger partial charge in [0.1, 0.15) is 12.1 Å². The van der Waals surface area contributed by atoms with E-state index in [1.165, 1.54) is 6.33 Å². The molecule has 0 bridgehead atoms. The number of nitrogens with one attached hydrogen (secondary N) is 1. The average molecular weight is 369 g/mol. The van der Waals surface area contributed by atoms with Gasteiger partial charge in [-0.2, -0.15) is 0 Å². The molecule has 4 rings (SSSR count). The summed E-state index contributed by atoms with van der Waals surface area (Å²) in [5.41, 5.74) is 3.16. The van der Waals surface area contributed by atoms with Gasteiger partial charge in [0.15, 0.2) is 0 Å². The second kappa shape index (κ2) is 7.88. The van der Waals surface area contributed by atoms with Crippen molar-refractivity contribution < 1.29 is 9.53 Å². The number of ether oxygens (including phenoxy) is 1. The first-order valence-corrected chi connectivity index (χ1v) is 8.96. The van der Waals surface area contributed by atoms with E-state index >= 15 is 0 Å². The molecule has 0 fully saturated rings. The third-order valence-corrected chi connectivity index (χ3v) is 4.57. The molecule has 0 saturated heterocycles. The zero-order valence-corrected chi connectivity index (χ0v) is 15.4. The summed E-state index contributed by atoms with van der Waals surface area (Å²) in [6, 6.07) is 23.1. The molecule has 0 atom stereocenters. The molecule has 5 heteroatoms. The molecule has 1 aromatic heterocycles. The van der Waals surface area contributed by atoms with Crippen LogP contribution in [0.4, 0.5) is 0 Å². The Balaban J connectivity index is 1.51. The first-order chi connectivity index (χ1) is 13.7. The molecule has 1 amide bonds. The lowest BCUT2D eigenvalue weighted by Crippen LogP contribution is -2.23. The minimum absolute atomic E-state index is 0.124. The van der Waals surface area contributed by atoms with Crippen LogP contribution in [0.2, 0.25) is 0 Å². The Kier molecular flexibility index (Phi) is 4.97. The van der Waals surface area contributed by atoms with Crippen molar-refractivity contribution in [1.29, 1.82) is 0 Å². The lowest BCUT2D eigenvalue weighted by molar-refractivity contribution is 0.0952. The van der Waals surface area contributed by atoms with E-state index in [-0.39, 0.29) is 5.91 Å². The molecule has 0 saturated carbocycles. The molecule has 1 heterocycles. The van der Waals surface area contributed by atoms with Gasteiger partial charge in [-0.3, -0.25) is 4.79 Å². The summed E-state index contributed by atoms with van der Waals surface area (Å²) in [6.45, 7) is 0.327. The number of carbonyl (C=O) groups is 1. The number of methoxy groups -OCH3 is 1. The monoisotopic (exact) mass is 369 g/mol. The first-order valence-electron chi connectivity index (χ1n) is 8.96. The maximum Gasteiger partial charge on any atom is 0.252 e. The Labute approximate surface area is 163 Å². The van der Waals surface area contributed by atoms with E-state index in [0.29, 0.717) is 12.1 Å². The van der Waals surface area contributed by atoms with Crippen LogP contribution < -0.4 is 10.1 Å². The van der Waals surface area contributed by atoms with E-state index in [9.17, 15) is 4.79 Å². The smallest absolute Gasteiger partial charge is 0.252 e. The summed E-state index contributed by atoms with van der Waals surface area (Å²) in [6.07, 6.45) is 1.51. The molecule has 0 aliphatic rings. The predicted octanol–water partition coefficient (Wildman–Crippen LogP) is 4.24. The highest BCUT2D eigenvalue weighted by Crippen LogP contribution is 2.21. The molecule has 0 spiro atoms. The Morgan fingerprint density at radius 2 is 1.75 bits per heavy atom. The third-order valence-electron chi connectivity index (χ3n) is 4.57. The Morgan fingerprint density at radius 3 is 2.57 bits per heavy atom. The molecule has 0 aliphatic heterocycles. The summed E-state index contributed by atoms with van der Waals surface area (Å²) >= 11 is 0. The SMILES string of the molecule is COc1ccc(-c2cc(CNC(=O)c3cccc4ccccc34)ncn2)cc1. The van der Waals surface area contributed by atoms with E-state index in [2.05, 4.69) is 15.3 Å². The maximum absolute atomic E-state index is 12.7. The molecule has 138 valence electrons. The quantitative estimate of drug-likeness (QED) is 0.572. The fraction of sp³-hybridized carbons (Fsp3) is 0.0870. The largest absolute Gasteiger partial charge is 0.497 e. The van der Waals surface area contributed by atoms with Gasteiger partial charge in [0.25, 0.3) is 5.91 Å². The Bertz CT molecular complexity index is 1120. The molecule has 5 nitrogen and oxygen atoms in total. The summed E-state index contributed by atoms with van der Waals surface area (Å²) < 4.78 is 5.19. The average Bonchev–Trinajstić information content (AvgIpc) is 2.77. The van der Waals surface area contributed by atoms with E-state index in [1.807, 2.05) is 72.8 Å². The normalized spacial score (nSPS) is 10.6. The summed E-state index contributed by atoms with van der Waals surface area (Å²) in [5.74, 6) is 0.668. The standard InChI is InChI=1S/C23H19N3O2/c1-28-19-11-9-17(10-12-19)22-13-18(25-15-26-22)14-24-23(27)21-8-4-6-16-5-2-3-7-20(16)21/h2-13,15H,14H2,1H3,(H,24,27). The van der Waals surface area contributed by atoms with Gasteiger partial charge >= 0.3 is 0 Å². The molecule has 0 unspecified atom stereocenters. The number of amides is 1. The molecule has 4 aromatic rings. The summed E-state index contributed by atoms with van der Waals surface area (Å²) in [4.78, 5) is 21.3. The highest BCUT2D eigenvalue weighted by atomic mass is 16.5. The minimum atomic E-state index is -0.124. The topological polar surface area (TPSA) is 64.1 Å². The van der Waals surface area contributed by atoms with Crippen molar-refractivity contribution in [2.75, 3.05) is 7.11 Å². The minimum Gasteiger partial charge on any atom is -0.497 e. The van der Waals surface area contributed by atoms with Gasteiger partial charge in [0, 0.05) is 11.1 Å². The maximum atomic E-state index is 12.7. The number of hydrogen-bond acceptors (Lipinski definition) is 4. The van der Waals surface area contributed by atoms with Crippen molar-refractivity contribution in [1.82, 2.24) is 15.3 Å². The zero-order chi connectivity index (χ0) is 19.3. The number of hydrogen-bond donors (Lipinski definition) is 1. The van der Waals surface area contributed by atoms with Crippen LogP contribution in [0.3, 0.4) is 0 Å². The van der Waals surface area contributed by atoms with E-state index < -0.39 is 0 Å². The summed E-state index contributed by atoms with van der Waals surface area (Å²) in [7, 11) is 1.64. The van der Waals surface area contributed by atoms with Crippen LogP contribution in [0.25, 0.3) is 22.0 Å². The number of rotatable bonds is 5. The predicted molar refractivity (Wildman–Crippen MR) is 109 cm³/mol. The van der Waals surface area contributed by atoms with E-state index in [0.717, 1.165) is 33.5 Å². The fourth-order valence-corrected chi connectivity index (χ4v) is 3.10. The van der Waals surface area contributed by atoms with Gasteiger partial charge in [0.2, 0.25) is 0 Å². The second-order valence-electron chi connectivity index (χ2n) is 6.33. The molecule has 0 aliphatic carbocycles. The zero-order valence-electron chi connectivity index (χ0n) is 15.4. The number of fused-ring (bicyclic) bond motifs is 1. The van der Waals surface area contributed by atoms with Crippen LogP contribution in [-0.4, -0.2) is 23.0 Å². The number of aromatic nitrogens is 2. The van der Waals surface area contributed by atoms with E-state index in [1.54, 1.807) is 7.11 Å². The molecular formula is C23H19N3O2. The molecule has 1 N–H and O–H groups in total. The fourth-order valence-electron chi connectivity index (χ4n) is 3.10. The van der Waals surface area contributed by atoms with E-state index in [4.69, 9.17) is 4.74 Å². The molecule has 3 aromatic carbocycles. The van der Waals surface area contributed by atoms with Crippen LogP contribution in [-0.2, 0) is 6.54 Å². The van der Waals surface area contributed by atoms with Gasteiger partial charge in [-0.25, -0.2) is 9.97 Å². The van der Waals surface area contributed by atoms with Crippen molar-refractivity contribution in [2.45, 2.75) is 6.54 Å². The second-order valence-corrected chi connectivity index (χ2v) is 6.33. The van der Waals surface area contributed by atoms with Gasteiger partial charge < -0.3 is 10.1 Å². The highest BCUT2D eigenvalue weighted by molar-refractivity contribution is 6.06. The number of benzene rings is 3. The number of carbonyl (C=O) groups excluding carboxylic acids is 1. The van der Waals surface area contributed by atoms with Gasteiger partial charge in [-0.05, 0) is 47.2 Å². The van der Waals surface area contributed by atoms with Gasteiger partial charge in [0.05, 0.1) is 25.0 Å². The van der Waals surface area contributed by atoms with Crippen molar-refractivity contribution >= 4 is 16.7 Å². The third kappa shape index (κ3) is 3.69. The van der Waals surface area contributed by atoms with Crippen molar-refractivity contribution in [2.24, 2.45) is 0 Å². The van der Waals surface area contributed by atoms with Crippen molar-refractivity contribution in [3.63, 3.8) is 0 Å². The van der Waals surface area contributed by atoms with Gasteiger partial charge in [-0.15, -0.1) is 0 Å². The lowest BCUT2D eigenvalue weighted by atomic mass is 10.0. The van der Waals surface area contributed by atoms with Crippen LogP contribution in [0, 0.1) is 0 Å². The van der Waals surface area contributed by atoms with Crippen molar-refractivity contribution in [3.05, 3.63) is 90.4 Å². The van der Waals surface area contributed by atoms with Crippen LogP contribution in [0.1, 0.15) is 16.1 Å². The van der Waals surface area contributed by atoms with Crippen LogP contribution in [0.15, 0.2) is 79.1 Å². The number of nitrogens with zero attached hydrogens (tertiary/aromatic N) is 2. The Morgan fingerprint density at radius 1 is 0.964 bits per heavy atom. The molecule has 0 radical (unpaired) electrons. The summed E-state index contributed by atoms with van der Waals surface area (Å²) in [5, 5.41) is 4.93. The Hall–Kier alpha value is -3.73. The van der Waals surface area contributed by atoms with Crippen LogP contribution in [0.5, 0.6) is 5.75 Å². The van der Waals surface area contributed by atoms with Gasteiger partial charge in [-0.1, -0.05) is 36.4 Å². The molecule has 28 heavy (non-hydrogen) atoms.